The van der Waals surface area contributed by atoms with Gasteiger partial charge >= 0.3 is 0 Å². The van der Waals surface area contributed by atoms with Gasteiger partial charge in [0.1, 0.15) is 0 Å². The van der Waals surface area contributed by atoms with Crippen LogP contribution < -0.4 is 5.32 Å². The average molecular weight is 496 g/mol. The summed E-state index contributed by atoms with van der Waals surface area (Å²) in [7, 11) is 0. The van der Waals surface area contributed by atoms with Gasteiger partial charge in [0.05, 0.1) is 0 Å². The Kier molecular flexibility index (Phi) is 6.76. The van der Waals surface area contributed by atoms with E-state index in [1.54, 1.807) is 0 Å². The first-order valence-electron chi connectivity index (χ1n) is 6.63. The van der Waals surface area contributed by atoms with Gasteiger partial charge in [-0.25, -0.2) is 0 Å². The molecule has 1 N–H and O–H groups in total. The largest absolute Gasteiger partial charge is 0.310 e. The van der Waals surface area contributed by atoms with Crippen LogP contribution in [0.15, 0.2) is 49.8 Å². The van der Waals surface area contributed by atoms with Gasteiger partial charge in [0, 0.05) is 24.5 Å². The number of rotatable bonds is 5. The molecule has 0 amide bonds. The number of nitrogens with one attached hydrogen (secondary N) is 1. The van der Waals surface area contributed by atoms with Crippen LogP contribution in [0.4, 0.5) is 0 Å². The molecule has 0 aliphatic heterocycles. The highest BCUT2D eigenvalue weighted by Gasteiger charge is 2.16. The predicted octanol–water partition coefficient (Wildman–Crippen LogP) is 6.52. The molecule has 1 atom stereocenters. The van der Waals surface area contributed by atoms with E-state index in [1.807, 2.05) is 12.1 Å². The quantitative estimate of drug-likeness (QED) is 0.497. The first kappa shape index (κ1) is 17.5. The highest BCUT2D eigenvalue weighted by molar-refractivity contribution is 9.11. The Morgan fingerprint density at radius 1 is 1.05 bits per heavy atom. The first-order chi connectivity index (χ1) is 10.0. The molecular formula is C16H15Br3ClN. The maximum atomic E-state index is 6.35. The van der Waals surface area contributed by atoms with Gasteiger partial charge in [-0.05, 0) is 48.4 Å². The van der Waals surface area contributed by atoms with Crippen molar-refractivity contribution in [3.8, 4) is 0 Å². The molecule has 0 bridgehead atoms. The molecule has 0 heterocycles. The lowest BCUT2D eigenvalue weighted by Gasteiger charge is -2.21. The summed E-state index contributed by atoms with van der Waals surface area (Å²) in [4.78, 5) is 0. The van der Waals surface area contributed by atoms with E-state index in [-0.39, 0.29) is 6.04 Å². The van der Waals surface area contributed by atoms with E-state index >= 15 is 0 Å². The van der Waals surface area contributed by atoms with Gasteiger partial charge in [-0.3, -0.25) is 0 Å². The van der Waals surface area contributed by atoms with Crippen molar-refractivity contribution in [3.63, 3.8) is 0 Å². The van der Waals surface area contributed by atoms with Crippen molar-refractivity contribution >= 4 is 59.4 Å². The second-order valence-corrected chi connectivity index (χ2v) is 7.81. The van der Waals surface area contributed by atoms with Crippen LogP contribution in [-0.2, 0) is 6.42 Å². The minimum Gasteiger partial charge on any atom is -0.310 e. The molecule has 1 unspecified atom stereocenters. The summed E-state index contributed by atoms with van der Waals surface area (Å²) < 4.78 is 3.16. The maximum absolute atomic E-state index is 6.35. The zero-order chi connectivity index (χ0) is 15.4. The molecule has 112 valence electrons. The Morgan fingerprint density at radius 3 is 2.33 bits per heavy atom. The van der Waals surface area contributed by atoms with E-state index < -0.39 is 0 Å². The lowest BCUT2D eigenvalue weighted by Crippen LogP contribution is -2.23. The molecule has 2 aromatic rings. The van der Waals surface area contributed by atoms with Crippen LogP contribution in [0.5, 0.6) is 0 Å². The Balaban J connectivity index is 2.30. The highest BCUT2D eigenvalue weighted by Crippen LogP contribution is 2.31. The van der Waals surface area contributed by atoms with E-state index in [9.17, 15) is 0 Å². The molecule has 0 spiro atoms. The second kappa shape index (κ2) is 8.11. The standard InChI is InChI=1S/C16H15Br3ClN/c1-2-21-16(13-6-5-11(17)8-14(13)19)7-10-3-4-12(18)9-15(10)20/h3-6,8-9,16,21H,2,7H2,1H3. The van der Waals surface area contributed by atoms with E-state index in [2.05, 4.69) is 84.3 Å². The van der Waals surface area contributed by atoms with Gasteiger partial charge in [-0.1, -0.05) is 78.4 Å². The number of benzene rings is 2. The Bertz CT molecular complexity index is 631. The Morgan fingerprint density at radius 2 is 1.71 bits per heavy atom. The first-order valence-corrected chi connectivity index (χ1v) is 9.39. The molecule has 0 aromatic heterocycles. The van der Waals surface area contributed by atoms with Crippen LogP contribution in [0.1, 0.15) is 24.1 Å². The number of likely N-dealkylation sites (N-methyl/N-ethyl adjacent to an activating group) is 1. The Hall–Kier alpha value is 0.130. The van der Waals surface area contributed by atoms with E-state index in [1.165, 1.54) is 5.56 Å². The maximum Gasteiger partial charge on any atom is 0.0449 e. The SMILES string of the molecule is CCNC(Cc1ccc(Br)cc1Cl)c1ccc(Br)cc1Br. The molecule has 0 aliphatic carbocycles. The van der Waals surface area contributed by atoms with Crippen LogP contribution in [0.2, 0.25) is 5.02 Å². The molecule has 0 saturated carbocycles. The van der Waals surface area contributed by atoms with Crippen molar-refractivity contribution in [2.75, 3.05) is 6.54 Å². The topological polar surface area (TPSA) is 12.0 Å². The van der Waals surface area contributed by atoms with Gasteiger partial charge in [-0.15, -0.1) is 0 Å². The second-order valence-electron chi connectivity index (χ2n) is 4.72. The van der Waals surface area contributed by atoms with Crippen molar-refractivity contribution < 1.29 is 0 Å². The minimum atomic E-state index is 0.219. The van der Waals surface area contributed by atoms with Gasteiger partial charge in [-0.2, -0.15) is 0 Å². The third-order valence-electron chi connectivity index (χ3n) is 3.23. The smallest absolute Gasteiger partial charge is 0.0449 e. The molecule has 2 aromatic carbocycles. The third kappa shape index (κ3) is 4.80. The fourth-order valence-corrected chi connectivity index (χ4v) is 4.30. The fraction of sp³-hybridized carbons (Fsp3) is 0.250. The summed E-state index contributed by atoms with van der Waals surface area (Å²) in [5.74, 6) is 0. The minimum absolute atomic E-state index is 0.219. The number of hydrogen-bond donors (Lipinski definition) is 1. The number of halogens is 4. The van der Waals surface area contributed by atoms with E-state index in [4.69, 9.17) is 11.6 Å². The summed E-state index contributed by atoms with van der Waals surface area (Å²) in [5, 5.41) is 4.33. The van der Waals surface area contributed by atoms with E-state index in [0.29, 0.717) is 0 Å². The average Bonchev–Trinajstić information content (AvgIpc) is 2.41. The molecule has 0 saturated heterocycles. The normalized spacial score (nSPS) is 12.4. The van der Waals surface area contributed by atoms with Crippen LogP contribution in [-0.4, -0.2) is 6.54 Å². The summed E-state index contributed by atoms with van der Waals surface area (Å²) >= 11 is 16.9. The number of hydrogen-bond acceptors (Lipinski definition) is 1. The van der Waals surface area contributed by atoms with Crippen molar-refractivity contribution in [1.82, 2.24) is 5.32 Å². The molecule has 0 radical (unpaired) electrons. The van der Waals surface area contributed by atoms with Gasteiger partial charge in [0.2, 0.25) is 0 Å². The predicted molar refractivity (Wildman–Crippen MR) is 101 cm³/mol. The Labute approximate surface area is 155 Å². The fourth-order valence-electron chi connectivity index (χ4n) is 2.23. The lowest BCUT2D eigenvalue weighted by atomic mass is 9.99. The molecule has 21 heavy (non-hydrogen) atoms. The molecule has 1 nitrogen and oxygen atoms in total. The molecule has 0 fully saturated rings. The zero-order valence-electron chi connectivity index (χ0n) is 11.5. The van der Waals surface area contributed by atoms with Crippen molar-refractivity contribution in [1.29, 1.82) is 0 Å². The van der Waals surface area contributed by atoms with Crippen LogP contribution >= 0.6 is 59.4 Å². The monoisotopic (exact) mass is 493 g/mol. The molecule has 2 rings (SSSR count). The zero-order valence-corrected chi connectivity index (χ0v) is 17.0. The van der Waals surface area contributed by atoms with E-state index in [0.717, 1.165) is 37.0 Å². The third-order valence-corrected chi connectivity index (χ3v) is 5.25. The highest BCUT2D eigenvalue weighted by atomic mass is 79.9. The van der Waals surface area contributed by atoms with Crippen molar-refractivity contribution in [2.45, 2.75) is 19.4 Å². The summed E-state index contributed by atoms with van der Waals surface area (Å²) in [6.45, 7) is 3.02. The summed E-state index contributed by atoms with van der Waals surface area (Å²) in [5.41, 5.74) is 2.37. The van der Waals surface area contributed by atoms with Gasteiger partial charge < -0.3 is 5.32 Å². The molecule has 0 aliphatic rings. The van der Waals surface area contributed by atoms with Crippen molar-refractivity contribution in [3.05, 3.63) is 66.0 Å². The van der Waals surface area contributed by atoms with Gasteiger partial charge in [0.15, 0.2) is 0 Å². The van der Waals surface area contributed by atoms with Crippen molar-refractivity contribution in [2.24, 2.45) is 0 Å². The summed E-state index contributed by atoms with van der Waals surface area (Å²) in [6.07, 6.45) is 0.847. The lowest BCUT2D eigenvalue weighted by molar-refractivity contribution is 0.548. The van der Waals surface area contributed by atoms with Crippen LogP contribution in [0, 0.1) is 0 Å². The van der Waals surface area contributed by atoms with Crippen LogP contribution in [0.25, 0.3) is 0 Å². The summed E-state index contributed by atoms with van der Waals surface area (Å²) in [6, 6.07) is 12.5. The molecular weight excluding hydrogens is 481 g/mol. The molecule has 5 heteroatoms. The van der Waals surface area contributed by atoms with Gasteiger partial charge in [0.25, 0.3) is 0 Å². The van der Waals surface area contributed by atoms with Crippen LogP contribution in [0.3, 0.4) is 0 Å².